The molecule has 0 bridgehead atoms. The highest BCUT2D eigenvalue weighted by Crippen LogP contribution is 2.28. The number of pyridine rings is 1. The molecule has 0 fully saturated rings. The molecule has 3 rings (SSSR count). The maximum atomic E-state index is 13.5. The zero-order chi connectivity index (χ0) is 23.9. The van der Waals surface area contributed by atoms with E-state index in [1.165, 1.54) is 7.05 Å². The summed E-state index contributed by atoms with van der Waals surface area (Å²) < 4.78 is 27.0. The van der Waals surface area contributed by atoms with E-state index in [9.17, 15) is 13.6 Å². The number of hydrogen-bond acceptors (Lipinski definition) is 7. The Balaban J connectivity index is 0.00000176. The Morgan fingerprint density at radius 1 is 1.16 bits per heavy atom. The summed E-state index contributed by atoms with van der Waals surface area (Å²) in [4.78, 5) is 16.6. The second kappa shape index (κ2) is 10.4. The van der Waals surface area contributed by atoms with Crippen molar-refractivity contribution < 1.29 is 13.6 Å². The summed E-state index contributed by atoms with van der Waals surface area (Å²) in [7, 11) is 1.50. The second-order valence-corrected chi connectivity index (χ2v) is 6.69. The number of anilines is 1. The average molecular weight is 439 g/mol. The quantitative estimate of drug-likeness (QED) is 0.432. The number of nitrogens with two attached hydrogens (primary N) is 1. The summed E-state index contributed by atoms with van der Waals surface area (Å²) in [6.45, 7) is 2.61. The van der Waals surface area contributed by atoms with Crippen molar-refractivity contribution in [1.29, 1.82) is 10.8 Å². The van der Waals surface area contributed by atoms with Gasteiger partial charge >= 0.3 is 0 Å². The van der Waals surface area contributed by atoms with E-state index in [1.54, 1.807) is 36.5 Å². The van der Waals surface area contributed by atoms with Crippen LogP contribution < -0.4 is 11.1 Å². The largest absolute Gasteiger partial charge is 0.333 e. The summed E-state index contributed by atoms with van der Waals surface area (Å²) in [6.07, 6.45) is 3.37. The molecule has 0 aliphatic carbocycles. The van der Waals surface area contributed by atoms with Crippen molar-refractivity contribution in [2.24, 2.45) is 5.73 Å². The Bertz CT molecular complexity index is 1140. The minimum atomic E-state index is -3.13. The van der Waals surface area contributed by atoms with Crippen LogP contribution in [0.5, 0.6) is 0 Å². The first-order valence-electron chi connectivity index (χ1n) is 9.45. The zero-order valence-electron chi connectivity index (χ0n) is 17.8. The molecular weight excluding hydrogens is 416 g/mol. The fourth-order valence-electron chi connectivity index (χ4n) is 2.74. The Morgan fingerprint density at radius 3 is 2.53 bits per heavy atom. The van der Waals surface area contributed by atoms with Gasteiger partial charge in [-0.05, 0) is 61.0 Å². The van der Waals surface area contributed by atoms with Gasteiger partial charge in [0.15, 0.2) is 5.69 Å². The van der Waals surface area contributed by atoms with Gasteiger partial charge in [-0.3, -0.25) is 15.2 Å². The van der Waals surface area contributed by atoms with Crippen molar-refractivity contribution in [3.8, 4) is 11.1 Å². The van der Waals surface area contributed by atoms with E-state index in [0.717, 1.165) is 42.1 Å². The molecule has 3 aromatic rings. The van der Waals surface area contributed by atoms with Gasteiger partial charge in [-0.15, -0.1) is 5.10 Å². The molecule has 5 N–H and O–H groups in total. The Morgan fingerprint density at radius 2 is 1.88 bits per heavy atom. The van der Waals surface area contributed by atoms with Crippen LogP contribution in [0, 0.1) is 17.7 Å². The van der Waals surface area contributed by atoms with Crippen molar-refractivity contribution in [3.05, 3.63) is 71.3 Å². The normalized spacial score (nSPS) is 10.6. The van der Waals surface area contributed by atoms with E-state index >= 15 is 0 Å². The number of carbonyl (C=O) groups excluding carboxylic acids is 1. The molecule has 32 heavy (non-hydrogen) atoms. The number of nitrogens with one attached hydrogen (secondary N) is 3. The third kappa shape index (κ3) is 5.82. The average Bonchev–Trinajstić information content (AvgIpc) is 2.80. The summed E-state index contributed by atoms with van der Waals surface area (Å²) in [5.41, 5.74) is 7.11. The lowest BCUT2D eigenvalue weighted by Gasteiger charge is -2.12. The number of hydrogen-bond donors (Lipinski definition) is 4. The van der Waals surface area contributed by atoms with Crippen molar-refractivity contribution >= 4 is 23.5 Å². The molecule has 10 heteroatoms. The number of halogens is 2. The number of nitrogens with zero attached hydrogens (tertiary/aromatic N) is 3. The number of rotatable bonds is 6. The lowest BCUT2D eigenvalue weighted by atomic mass is 9.99. The highest BCUT2D eigenvalue weighted by molar-refractivity contribution is 6.35. The van der Waals surface area contributed by atoms with E-state index in [4.69, 9.17) is 10.8 Å². The van der Waals surface area contributed by atoms with Crippen molar-refractivity contribution in [2.75, 3.05) is 12.4 Å². The minimum Gasteiger partial charge on any atom is -0.333 e. The summed E-state index contributed by atoms with van der Waals surface area (Å²) in [5.74, 6) is -3.80. The van der Waals surface area contributed by atoms with Gasteiger partial charge in [-0.2, -0.15) is 5.10 Å². The van der Waals surface area contributed by atoms with E-state index in [0.29, 0.717) is 11.4 Å². The van der Waals surface area contributed by atoms with E-state index < -0.39 is 17.4 Å². The fraction of sp³-hybridized carbons (Fsp3) is 0.182. The van der Waals surface area contributed by atoms with Crippen molar-refractivity contribution in [3.63, 3.8) is 0 Å². The first-order chi connectivity index (χ1) is 15.2. The number of alkyl halides is 2. The van der Waals surface area contributed by atoms with Gasteiger partial charge in [0.2, 0.25) is 0 Å². The highest BCUT2D eigenvalue weighted by Gasteiger charge is 2.26. The van der Waals surface area contributed by atoms with E-state index in [2.05, 4.69) is 26.2 Å². The first-order valence-corrected chi connectivity index (χ1v) is 9.45. The van der Waals surface area contributed by atoms with Crippen LogP contribution in [-0.2, 0) is 5.92 Å². The molecule has 166 valence electrons. The molecule has 8 nitrogen and oxygen atoms in total. The topological polar surface area (TPSA) is 141 Å². The third-order valence-corrected chi connectivity index (χ3v) is 4.38. The number of aromatic nitrogens is 3. The van der Waals surface area contributed by atoms with E-state index in [1.807, 2.05) is 6.92 Å². The summed E-state index contributed by atoms with van der Waals surface area (Å²) in [5, 5.41) is 24.7. The number of carbonyl (C=O) groups is 1. The zero-order valence-corrected chi connectivity index (χ0v) is 17.8. The van der Waals surface area contributed by atoms with Crippen LogP contribution >= 0.6 is 0 Å². The van der Waals surface area contributed by atoms with Gasteiger partial charge in [-0.1, -0.05) is 6.07 Å². The standard InChI is InChI=1S/C21H18F2N6O.CH5N/c1-12-3-4-15(9-16(12)13-5-6-26-18(7-13)17(25)10-24)28-20(30)19-8-14(11-27-29-19)21(2,22)23;1-2/h3-11,24-25H,1-2H3,(H,28,30);2H2,1H3. The van der Waals surface area contributed by atoms with Gasteiger partial charge < -0.3 is 16.5 Å². The molecule has 0 spiro atoms. The molecule has 0 saturated carbocycles. The molecule has 0 aliphatic rings. The van der Waals surface area contributed by atoms with Gasteiger partial charge in [-0.25, -0.2) is 8.78 Å². The lowest BCUT2D eigenvalue weighted by molar-refractivity contribution is 0.0169. The Kier molecular flexibility index (Phi) is 7.92. The van der Waals surface area contributed by atoms with Crippen molar-refractivity contribution in [2.45, 2.75) is 19.8 Å². The van der Waals surface area contributed by atoms with Gasteiger partial charge in [0, 0.05) is 30.6 Å². The highest BCUT2D eigenvalue weighted by atomic mass is 19.3. The van der Waals surface area contributed by atoms with Gasteiger partial charge in [0.05, 0.1) is 17.6 Å². The molecular formula is C22H23F2N7O. The number of benzene rings is 1. The molecule has 1 amide bonds. The van der Waals surface area contributed by atoms with Crippen LogP contribution in [0.25, 0.3) is 11.1 Å². The molecule has 0 atom stereocenters. The number of aryl methyl sites for hydroxylation is 1. The summed E-state index contributed by atoms with van der Waals surface area (Å²) >= 11 is 0. The van der Waals surface area contributed by atoms with Crippen LogP contribution in [0.4, 0.5) is 14.5 Å². The molecule has 0 unspecified atom stereocenters. The lowest BCUT2D eigenvalue weighted by Crippen LogP contribution is -2.17. The van der Waals surface area contributed by atoms with Crippen molar-refractivity contribution in [1.82, 2.24) is 15.2 Å². The predicted octanol–water partition coefficient (Wildman–Crippen LogP) is 3.80. The Hall–Kier alpha value is -3.92. The maximum absolute atomic E-state index is 13.5. The maximum Gasteiger partial charge on any atom is 0.276 e. The van der Waals surface area contributed by atoms with Gasteiger partial charge in [0.25, 0.3) is 11.8 Å². The smallest absolute Gasteiger partial charge is 0.276 e. The minimum absolute atomic E-state index is 0.0230. The van der Waals surface area contributed by atoms with Crippen LogP contribution in [0.3, 0.4) is 0 Å². The SMILES string of the molecule is CN.Cc1ccc(NC(=O)c2cc(C(C)(F)F)cnn2)cc1-c1ccnc(C(=N)C=N)c1. The number of amides is 1. The van der Waals surface area contributed by atoms with Crippen LogP contribution in [0.2, 0.25) is 0 Å². The monoisotopic (exact) mass is 439 g/mol. The van der Waals surface area contributed by atoms with Crippen LogP contribution in [-0.4, -0.2) is 40.1 Å². The molecule has 2 heterocycles. The Labute approximate surface area is 183 Å². The fourth-order valence-corrected chi connectivity index (χ4v) is 2.74. The molecule has 1 aromatic carbocycles. The van der Waals surface area contributed by atoms with Crippen LogP contribution in [0.1, 0.15) is 34.2 Å². The predicted molar refractivity (Wildman–Crippen MR) is 120 cm³/mol. The van der Waals surface area contributed by atoms with Gasteiger partial charge in [0.1, 0.15) is 0 Å². The molecule has 0 radical (unpaired) electrons. The first kappa shape index (κ1) is 24.4. The molecule has 2 aromatic heterocycles. The summed E-state index contributed by atoms with van der Waals surface area (Å²) in [6, 6.07) is 9.66. The second-order valence-electron chi connectivity index (χ2n) is 6.69. The van der Waals surface area contributed by atoms with E-state index in [-0.39, 0.29) is 11.4 Å². The third-order valence-electron chi connectivity index (χ3n) is 4.38. The molecule has 0 saturated heterocycles. The van der Waals surface area contributed by atoms with Crippen LogP contribution in [0.15, 0.2) is 48.8 Å². The molecule has 0 aliphatic heterocycles.